The molecule has 0 fully saturated rings. The van der Waals surface area contributed by atoms with E-state index in [1.807, 2.05) is 0 Å². The van der Waals surface area contributed by atoms with E-state index in [9.17, 15) is 4.79 Å². The van der Waals surface area contributed by atoms with Crippen LogP contribution in [-0.4, -0.2) is 16.1 Å². The predicted octanol–water partition coefficient (Wildman–Crippen LogP) is 3.07. The lowest BCUT2D eigenvalue weighted by molar-refractivity contribution is -0.136. The standard InChI is InChI=1S/C10H8ClNO3S/c11-8-3-2-7(15-8)10-12-5-6(16-10)1-4-9(13)14/h2-3,5H,1,4H2,(H,13,14). The summed E-state index contributed by atoms with van der Waals surface area (Å²) in [6.45, 7) is 0. The molecule has 0 aliphatic carbocycles. The number of nitrogens with zero attached hydrogens (tertiary/aromatic N) is 1. The van der Waals surface area contributed by atoms with Crippen LogP contribution in [0.4, 0.5) is 0 Å². The second-order valence-electron chi connectivity index (χ2n) is 3.13. The van der Waals surface area contributed by atoms with Crippen LogP contribution >= 0.6 is 22.9 Å². The van der Waals surface area contributed by atoms with Gasteiger partial charge < -0.3 is 9.52 Å². The molecule has 4 nitrogen and oxygen atoms in total. The van der Waals surface area contributed by atoms with Crippen molar-refractivity contribution in [3.63, 3.8) is 0 Å². The van der Waals surface area contributed by atoms with Crippen molar-refractivity contribution in [1.29, 1.82) is 0 Å². The van der Waals surface area contributed by atoms with E-state index in [1.54, 1.807) is 18.3 Å². The van der Waals surface area contributed by atoms with Crippen molar-refractivity contribution in [3.05, 3.63) is 28.4 Å². The number of hydrogen-bond donors (Lipinski definition) is 1. The quantitative estimate of drug-likeness (QED) is 0.914. The van der Waals surface area contributed by atoms with Crippen molar-refractivity contribution in [2.45, 2.75) is 12.8 Å². The van der Waals surface area contributed by atoms with Gasteiger partial charge in [-0.25, -0.2) is 4.98 Å². The minimum absolute atomic E-state index is 0.112. The van der Waals surface area contributed by atoms with Gasteiger partial charge >= 0.3 is 5.97 Å². The third-order valence-electron chi connectivity index (χ3n) is 1.92. The Labute approximate surface area is 100 Å². The Morgan fingerprint density at radius 3 is 3.00 bits per heavy atom. The van der Waals surface area contributed by atoms with E-state index in [0.29, 0.717) is 22.4 Å². The first-order chi connectivity index (χ1) is 7.65. The summed E-state index contributed by atoms with van der Waals surface area (Å²) in [4.78, 5) is 15.5. The molecule has 0 saturated carbocycles. The summed E-state index contributed by atoms with van der Waals surface area (Å²) in [7, 11) is 0. The number of aryl methyl sites for hydroxylation is 1. The zero-order chi connectivity index (χ0) is 11.5. The van der Waals surface area contributed by atoms with Crippen LogP contribution in [0, 0.1) is 0 Å². The number of carbonyl (C=O) groups is 1. The zero-order valence-electron chi connectivity index (χ0n) is 8.14. The van der Waals surface area contributed by atoms with Gasteiger partial charge in [-0.3, -0.25) is 4.79 Å². The summed E-state index contributed by atoms with van der Waals surface area (Å²) >= 11 is 7.07. The lowest BCUT2D eigenvalue weighted by Gasteiger charge is -1.90. The maximum atomic E-state index is 10.4. The molecular weight excluding hydrogens is 250 g/mol. The fourth-order valence-corrected chi connectivity index (χ4v) is 2.22. The molecule has 0 aliphatic heterocycles. The number of carboxylic acids is 1. The first-order valence-corrected chi connectivity index (χ1v) is 5.77. The Kier molecular flexibility index (Phi) is 3.26. The maximum absolute atomic E-state index is 10.4. The second kappa shape index (κ2) is 4.67. The summed E-state index contributed by atoms with van der Waals surface area (Å²) < 4.78 is 5.21. The summed E-state index contributed by atoms with van der Waals surface area (Å²) in [6, 6.07) is 3.39. The van der Waals surface area contributed by atoms with Gasteiger partial charge in [0.2, 0.25) is 0 Å². The highest BCUT2D eigenvalue weighted by molar-refractivity contribution is 7.14. The third-order valence-corrected chi connectivity index (χ3v) is 3.20. The number of hydrogen-bond acceptors (Lipinski definition) is 4. The van der Waals surface area contributed by atoms with Crippen molar-refractivity contribution in [1.82, 2.24) is 4.98 Å². The topological polar surface area (TPSA) is 63.3 Å². The monoisotopic (exact) mass is 257 g/mol. The minimum atomic E-state index is -0.809. The molecular formula is C10H8ClNO3S. The first-order valence-electron chi connectivity index (χ1n) is 4.57. The van der Waals surface area contributed by atoms with E-state index >= 15 is 0 Å². The summed E-state index contributed by atoms with van der Waals surface area (Å²) in [5, 5.41) is 9.58. The van der Waals surface area contributed by atoms with E-state index in [4.69, 9.17) is 21.1 Å². The first kappa shape index (κ1) is 11.2. The van der Waals surface area contributed by atoms with Crippen LogP contribution in [-0.2, 0) is 11.2 Å². The van der Waals surface area contributed by atoms with Crippen molar-refractivity contribution in [2.75, 3.05) is 0 Å². The van der Waals surface area contributed by atoms with E-state index in [-0.39, 0.29) is 6.42 Å². The van der Waals surface area contributed by atoms with Crippen molar-refractivity contribution in [3.8, 4) is 10.8 Å². The molecule has 16 heavy (non-hydrogen) atoms. The molecule has 2 aromatic rings. The molecule has 0 radical (unpaired) electrons. The van der Waals surface area contributed by atoms with Gasteiger partial charge in [0.25, 0.3) is 0 Å². The van der Waals surface area contributed by atoms with E-state index in [0.717, 1.165) is 4.88 Å². The average molecular weight is 258 g/mol. The third kappa shape index (κ3) is 2.62. The van der Waals surface area contributed by atoms with Crippen LogP contribution in [0.2, 0.25) is 5.22 Å². The minimum Gasteiger partial charge on any atom is -0.481 e. The van der Waals surface area contributed by atoms with Crippen LogP contribution in [0.1, 0.15) is 11.3 Å². The number of halogens is 1. The van der Waals surface area contributed by atoms with Gasteiger partial charge in [0, 0.05) is 11.1 Å². The molecule has 0 bridgehead atoms. The van der Waals surface area contributed by atoms with Crippen molar-refractivity contribution < 1.29 is 14.3 Å². The Hall–Kier alpha value is -1.33. The second-order valence-corrected chi connectivity index (χ2v) is 4.62. The van der Waals surface area contributed by atoms with Crippen LogP contribution in [0.3, 0.4) is 0 Å². The Morgan fingerprint density at radius 2 is 2.38 bits per heavy atom. The summed E-state index contributed by atoms with van der Waals surface area (Å²) in [5.74, 6) is -0.201. The summed E-state index contributed by atoms with van der Waals surface area (Å²) in [6.07, 6.45) is 2.27. The molecule has 0 amide bonds. The molecule has 0 unspecified atom stereocenters. The average Bonchev–Trinajstić information content (AvgIpc) is 2.83. The number of furan rings is 1. The fourth-order valence-electron chi connectivity index (χ4n) is 1.20. The van der Waals surface area contributed by atoms with Crippen LogP contribution in [0.25, 0.3) is 10.8 Å². The number of aromatic nitrogens is 1. The Balaban J connectivity index is 2.10. The molecule has 0 aromatic carbocycles. The van der Waals surface area contributed by atoms with Crippen molar-refractivity contribution in [2.24, 2.45) is 0 Å². The highest BCUT2D eigenvalue weighted by Crippen LogP contribution is 2.28. The largest absolute Gasteiger partial charge is 0.481 e. The molecule has 2 rings (SSSR count). The molecule has 2 aromatic heterocycles. The van der Waals surface area contributed by atoms with E-state index < -0.39 is 5.97 Å². The number of carboxylic acid groups (broad SMARTS) is 1. The van der Waals surface area contributed by atoms with Gasteiger partial charge in [-0.05, 0) is 30.2 Å². The van der Waals surface area contributed by atoms with Gasteiger partial charge in [-0.2, -0.15) is 0 Å². The Bertz CT molecular complexity index is 506. The number of thiazole rings is 1. The van der Waals surface area contributed by atoms with E-state index in [2.05, 4.69) is 4.98 Å². The van der Waals surface area contributed by atoms with Crippen LogP contribution < -0.4 is 0 Å². The van der Waals surface area contributed by atoms with E-state index in [1.165, 1.54) is 11.3 Å². The van der Waals surface area contributed by atoms with Gasteiger partial charge in [0.1, 0.15) is 0 Å². The van der Waals surface area contributed by atoms with Crippen LogP contribution in [0.5, 0.6) is 0 Å². The molecule has 0 spiro atoms. The van der Waals surface area contributed by atoms with Crippen LogP contribution in [0.15, 0.2) is 22.7 Å². The lowest BCUT2D eigenvalue weighted by atomic mass is 10.3. The highest BCUT2D eigenvalue weighted by Gasteiger charge is 2.09. The van der Waals surface area contributed by atoms with Gasteiger partial charge in [-0.1, -0.05) is 0 Å². The van der Waals surface area contributed by atoms with Gasteiger partial charge in [-0.15, -0.1) is 11.3 Å². The lowest BCUT2D eigenvalue weighted by Crippen LogP contribution is -1.95. The Morgan fingerprint density at radius 1 is 1.56 bits per heavy atom. The number of aliphatic carboxylic acids is 1. The molecule has 84 valence electrons. The normalized spacial score (nSPS) is 10.6. The molecule has 0 saturated heterocycles. The predicted molar refractivity (Wildman–Crippen MR) is 60.8 cm³/mol. The molecule has 2 heterocycles. The number of rotatable bonds is 4. The highest BCUT2D eigenvalue weighted by atomic mass is 35.5. The molecule has 6 heteroatoms. The summed E-state index contributed by atoms with van der Waals surface area (Å²) in [5.41, 5.74) is 0. The molecule has 0 aliphatic rings. The molecule has 0 atom stereocenters. The van der Waals surface area contributed by atoms with Crippen molar-refractivity contribution >= 4 is 28.9 Å². The van der Waals surface area contributed by atoms with Gasteiger partial charge in [0.15, 0.2) is 16.0 Å². The zero-order valence-corrected chi connectivity index (χ0v) is 9.72. The molecule has 1 N–H and O–H groups in total. The maximum Gasteiger partial charge on any atom is 0.303 e. The fraction of sp³-hybridized carbons (Fsp3) is 0.200. The SMILES string of the molecule is O=C(O)CCc1cnc(-c2ccc(Cl)o2)s1. The smallest absolute Gasteiger partial charge is 0.303 e. The van der Waals surface area contributed by atoms with Gasteiger partial charge in [0.05, 0.1) is 6.42 Å².